The van der Waals surface area contributed by atoms with E-state index in [0.29, 0.717) is 11.3 Å². The molecule has 3 heterocycles. The number of aromatic nitrogens is 1. The van der Waals surface area contributed by atoms with Crippen LogP contribution in [0.4, 0.5) is 0 Å². The normalized spacial score (nSPS) is 31.5. The van der Waals surface area contributed by atoms with E-state index in [1.807, 2.05) is 6.92 Å². The fraction of sp³-hybridized carbons (Fsp3) is 0.462. The molecule has 3 N–H and O–H groups in total. The lowest BCUT2D eigenvalue weighted by atomic mass is 9.79. The van der Waals surface area contributed by atoms with Crippen LogP contribution in [-0.2, 0) is 9.59 Å². The van der Waals surface area contributed by atoms with Crippen molar-refractivity contribution < 1.29 is 14.7 Å². The lowest BCUT2D eigenvalue weighted by Crippen LogP contribution is -2.72. The smallest absolute Gasteiger partial charge is 0.316 e. The second kappa shape index (κ2) is 4.82. The van der Waals surface area contributed by atoms with Gasteiger partial charge < -0.3 is 15.7 Å². The van der Waals surface area contributed by atoms with Gasteiger partial charge in [0.15, 0.2) is 0 Å². The third-order valence-corrected chi connectivity index (χ3v) is 6.67. The molecule has 0 bridgehead atoms. The number of carbonyl (C=O) groups excluding carboxylic acids is 1. The molecule has 1 aromatic heterocycles. The second-order valence-electron chi connectivity index (χ2n) is 5.33. The van der Waals surface area contributed by atoms with E-state index >= 15 is 0 Å². The van der Waals surface area contributed by atoms with E-state index < -0.39 is 17.4 Å². The Morgan fingerprint density at radius 3 is 2.95 bits per heavy atom. The van der Waals surface area contributed by atoms with E-state index in [0.717, 1.165) is 10.6 Å². The third-order valence-electron chi connectivity index (χ3n) is 4.13. The zero-order valence-electron chi connectivity index (χ0n) is 11.4. The van der Waals surface area contributed by atoms with Gasteiger partial charge in [-0.2, -0.15) is 0 Å². The minimum absolute atomic E-state index is 0.111. The van der Waals surface area contributed by atoms with Crippen LogP contribution < -0.4 is 5.73 Å². The van der Waals surface area contributed by atoms with E-state index in [2.05, 4.69) is 11.6 Å². The molecule has 0 aromatic carbocycles. The van der Waals surface area contributed by atoms with Crippen molar-refractivity contribution in [1.29, 1.82) is 0 Å². The van der Waals surface area contributed by atoms with Crippen molar-refractivity contribution in [3.63, 3.8) is 0 Å². The SMILES string of the molecule is C=C(c1scnc1C)C1(C(=O)O)CS[C@@H]2C(N)C(=O)N2C1. The summed E-state index contributed by atoms with van der Waals surface area (Å²) in [5.41, 5.74) is 7.54. The second-order valence-corrected chi connectivity index (χ2v) is 7.29. The van der Waals surface area contributed by atoms with Crippen molar-refractivity contribution in [2.45, 2.75) is 18.3 Å². The maximum atomic E-state index is 11.9. The minimum atomic E-state index is -1.17. The lowest BCUT2D eigenvalue weighted by molar-refractivity contribution is -0.153. The predicted octanol–water partition coefficient (Wildman–Crippen LogP) is 0.778. The van der Waals surface area contributed by atoms with Gasteiger partial charge in [-0.1, -0.05) is 6.58 Å². The number of rotatable bonds is 3. The molecule has 112 valence electrons. The Hall–Kier alpha value is -1.38. The van der Waals surface area contributed by atoms with Crippen LogP contribution in [0.5, 0.6) is 0 Å². The average Bonchev–Trinajstić information content (AvgIpc) is 2.90. The fourth-order valence-electron chi connectivity index (χ4n) is 2.73. The van der Waals surface area contributed by atoms with Crippen LogP contribution in [0.1, 0.15) is 10.6 Å². The van der Waals surface area contributed by atoms with Gasteiger partial charge >= 0.3 is 5.97 Å². The molecule has 2 saturated heterocycles. The van der Waals surface area contributed by atoms with Crippen LogP contribution >= 0.6 is 23.1 Å². The highest BCUT2D eigenvalue weighted by atomic mass is 32.2. The number of hydrogen-bond acceptors (Lipinski definition) is 6. The quantitative estimate of drug-likeness (QED) is 0.797. The van der Waals surface area contributed by atoms with Crippen LogP contribution in [0.25, 0.3) is 5.57 Å². The van der Waals surface area contributed by atoms with Crippen molar-refractivity contribution in [3.05, 3.63) is 22.7 Å². The summed E-state index contributed by atoms with van der Waals surface area (Å²) in [6, 6.07) is -0.514. The van der Waals surface area contributed by atoms with Gasteiger partial charge in [0, 0.05) is 12.3 Å². The number of amides is 1. The molecular weight excluding hydrogens is 310 g/mol. The summed E-state index contributed by atoms with van der Waals surface area (Å²) in [6.07, 6.45) is 0. The molecule has 0 aliphatic carbocycles. The number of carboxylic acids is 1. The number of carboxylic acid groups (broad SMARTS) is 1. The molecule has 0 spiro atoms. The van der Waals surface area contributed by atoms with Gasteiger partial charge in [0.2, 0.25) is 5.91 Å². The lowest BCUT2D eigenvalue weighted by Gasteiger charge is -2.53. The number of nitrogens with two attached hydrogens (primary N) is 1. The van der Waals surface area contributed by atoms with E-state index in [1.54, 1.807) is 10.4 Å². The zero-order chi connectivity index (χ0) is 15.4. The Kier molecular flexibility index (Phi) is 3.34. The molecule has 1 amide bonds. The Labute approximate surface area is 130 Å². The summed E-state index contributed by atoms with van der Waals surface area (Å²) in [4.78, 5) is 30.3. The number of nitrogens with zero attached hydrogens (tertiary/aromatic N) is 2. The van der Waals surface area contributed by atoms with E-state index in [4.69, 9.17) is 5.73 Å². The molecule has 8 heteroatoms. The van der Waals surface area contributed by atoms with Gasteiger partial charge in [0.05, 0.1) is 16.1 Å². The van der Waals surface area contributed by atoms with Crippen molar-refractivity contribution >= 4 is 40.5 Å². The molecule has 3 rings (SSSR count). The summed E-state index contributed by atoms with van der Waals surface area (Å²) in [5.74, 6) is -0.785. The molecule has 2 fully saturated rings. The van der Waals surface area contributed by atoms with Crippen molar-refractivity contribution in [1.82, 2.24) is 9.88 Å². The van der Waals surface area contributed by atoms with Crippen molar-refractivity contribution in [3.8, 4) is 0 Å². The number of fused-ring (bicyclic) bond motifs is 1. The van der Waals surface area contributed by atoms with Crippen molar-refractivity contribution in [2.75, 3.05) is 12.3 Å². The summed E-state index contributed by atoms with van der Waals surface area (Å²) in [5, 5.41) is 9.66. The number of β-lactam (4-membered cyclic amide) rings is 1. The highest BCUT2D eigenvalue weighted by Gasteiger charge is 2.57. The molecule has 0 saturated carbocycles. The maximum absolute atomic E-state index is 11.9. The molecule has 6 nitrogen and oxygen atoms in total. The Morgan fingerprint density at radius 1 is 1.67 bits per heavy atom. The highest BCUT2D eigenvalue weighted by molar-refractivity contribution is 8.00. The van der Waals surface area contributed by atoms with Crippen molar-refractivity contribution in [2.24, 2.45) is 11.1 Å². The van der Waals surface area contributed by atoms with Gasteiger partial charge in [-0.15, -0.1) is 23.1 Å². The number of aryl methyl sites for hydroxylation is 1. The van der Waals surface area contributed by atoms with Gasteiger partial charge in [0.1, 0.15) is 16.8 Å². The Balaban J connectivity index is 1.95. The first-order chi connectivity index (χ1) is 9.88. The maximum Gasteiger partial charge on any atom is 0.316 e. The van der Waals surface area contributed by atoms with Crippen LogP contribution in [0.2, 0.25) is 0 Å². The number of aliphatic carboxylic acids is 1. The number of carbonyl (C=O) groups is 2. The largest absolute Gasteiger partial charge is 0.481 e. The zero-order valence-corrected chi connectivity index (χ0v) is 13.0. The summed E-state index contributed by atoms with van der Waals surface area (Å²) >= 11 is 2.79. The first-order valence-corrected chi connectivity index (χ1v) is 8.32. The molecule has 1 aromatic rings. The number of thioether (sulfide) groups is 1. The molecule has 0 radical (unpaired) electrons. The van der Waals surface area contributed by atoms with Gasteiger partial charge in [-0.05, 0) is 12.5 Å². The predicted molar refractivity (Wildman–Crippen MR) is 81.9 cm³/mol. The molecule has 3 atom stereocenters. The molecule has 2 aliphatic heterocycles. The minimum Gasteiger partial charge on any atom is -0.481 e. The summed E-state index contributed by atoms with van der Waals surface area (Å²) in [7, 11) is 0. The number of hydrogen-bond donors (Lipinski definition) is 2. The van der Waals surface area contributed by atoms with Crippen LogP contribution in [0, 0.1) is 12.3 Å². The summed E-state index contributed by atoms with van der Waals surface area (Å²) < 4.78 is 0. The monoisotopic (exact) mass is 325 g/mol. The first-order valence-electron chi connectivity index (χ1n) is 6.39. The Bertz CT molecular complexity index is 644. The highest BCUT2D eigenvalue weighted by Crippen LogP contribution is 2.48. The fourth-order valence-corrected chi connectivity index (χ4v) is 5.13. The van der Waals surface area contributed by atoms with E-state index in [9.17, 15) is 14.7 Å². The molecule has 21 heavy (non-hydrogen) atoms. The topological polar surface area (TPSA) is 96.5 Å². The summed E-state index contributed by atoms with van der Waals surface area (Å²) in [6.45, 7) is 5.97. The first kappa shape index (κ1) is 14.6. The molecular formula is C13H15N3O3S2. The van der Waals surface area contributed by atoms with Gasteiger partial charge in [-0.3, -0.25) is 9.59 Å². The van der Waals surface area contributed by atoms with Crippen LogP contribution in [0.15, 0.2) is 12.1 Å². The third kappa shape index (κ3) is 1.93. The van der Waals surface area contributed by atoms with Crippen LogP contribution in [0.3, 0.4) is 0 Å². The molecule has 2 unspecified atom stereocenters. The molecule has 2 aliphatic rings. The van der Waals surface area contributed by atoms with Gasteiger partial charge in [-0.25, -0.2) is 4.98 Å². The van der Waals surface area contributed by atoms with E-state index in [-0.39, 0.29) is 17.8 Å². The Morgan fingerprint density at radius 2 is 2.38 bits per heavy atom. The van der Waals surface area contributed by atoms with Crippen LogP contribution in [-0.4, -0.2) is 50.6 Å². The standard InChI is InChI=1S/C13H15N3O3S2/c1-6(9-7(2)15-5-21-9)13(12(18)19)3-16-10(17)8(14)11(16)20-4-13/h5,8,11H,1,3-4,14H2,2H3,(H,18,19)/t8?,11-,13?/m1/s1. The van der Waals surface area contributed by atoms with Gasteiger partial charge in [0.25, 0.3) is 0 Å². The average molecular weight is 325 g/mol. The number of thiazole rings is 1. The van der Waals surface area contributed by atoms with E-state index in [1.165, 1.54) is 23.1 Å².